The molecule has 100 valence electrons. The van der Waals surface area contributed by atoms with Gasteiger partial charge in [0.25, 0.3) is 0 Å². The highest BCUT2D eigenvalue weighted by Gasteiger charge is 2.35. The standard InChI is InChI=1S/C14H28N2O/c1-9(2)11(4)16(5)14(17)12-7-6-8-13(15)10(12)3/h9-13H,6-8,15H2,1-5H3. The third-order valence-electron chi connectivity index (χ3n) is 4.60. The molecular weight excluding hydrogens is 212 g/mol. The van der Waals surface area contributed by atoms with Crippen LogP contribution in [0.2, 0.25) is 0 Å². The third kappa shape index (κ3) is 3.21. The van der Waals surface area contributed by atoms with E-state index in [0.29, 0.717) is 17.9 Å². The summed E-state index contributed by atoms with van der Waals surface area (Å²) < 4.78 is 0. The predicted molar refractivity (Wildman–Crippen MR) is 71.6 cm³/mol. The van der Waals surface area contributed by atoms with Crippen LogP contribution in [0.5, 0.6) is 0 Å². The number of hydrogen-bond donors (Lipinski definition) is 1. The van der Waals surface area contributed by atoms with Gasteiger partial charge in [0.1, 0.15) is 0 Å². The molecule has 1 aliphatic rings. The summed E-state index contributed by atoms with van der Waals surface area (Å²) in [6.07, 6.45) is 3.16. The van der Waals surface area contributed by atoms with E-state index in [1.807, 2.05) is 11.9 Å². The summed E-state index contributed by atoms with van der Waals surface area (Å²) in [6.45, 7) is 8.56. The van der Waals surface area contributed by atoms with Crippen molar-refractivity contribution < 1.29 is 4.79 Å². The molecule has 1 amide bonds. The molecule has 4 atom stereocenters. The highest BCUT2D eigenvalue weighted by molar-refractivity contribution is 5.79. The summed E-state index contributed by atoms with van der Waals surface area (Å²) in [4.78, 5) is 14.4. The van der Waals surface area contributed by atoms with E-state index < -0.39 is 0 Å². The first-order valence-electron chi connectivity index (χ1n) is 6.88. The average molecular weight is 240 g/mol. The van der Waals surface area contributed by atoms with Crippen molar-refractivity contribution in [3.63, 3.8) is 0 Å². The van der Waals surface area contributed by atoms with E-state index in [2.05, 4.69) is 27.7 Å². The number of carbonyl (C=O) groups excluding carboxylic acids is 1. The van der Waals surface area contributed by atoms with Gasteiger partial charge in [-0.3, -0.25) is 4.79 Å². The van der Waals surface area contributed by atoms with Crippen molar-refractivity contribution in [2.75, 3.05) is 7.05 Å². The Bertz CT molecular complexity index is 265. The molecular formula is C14H28N2O. The Morgan fingerprint density at radius 3 is 2.41 bits per heavy atom. The summed E-state index contributed by atoms with van der Waals surface area (Å²) in [5, 5.41) is 0. The minimum atomic E-state index is 0.130. The SMILES string of the molecule is CC(C)C(C)N(C)C(=O)C1CCCC(N)C1C. The summed E-state index contributed by atoms with van der Waals surface area (Å²) in [6, 6.07) is 0.494. The molecule has 0 aromatic heterocycles. The van der Waals surface area contributed by atoms with Crippen LogP contribution in [0.15, 0.2) is 0 Å². The molecule has 0 bridgehead atoms. The lowest BCUT2D eigenvalue weighted by Crippen LogP contribution is -2.48. The number of rotatable bonds is 3. The molecule has 1 rings (SSSR count). The number of amides is 1. The van der Waals surface area contributed by atoms with Crippen LogP contribution < -0.4 is 5.73 Å². The van der Waals surface area contributed by atoms with Crippen molar-refractivity contribution in [3.05, 3.63) is 0 Å². The fraction of sp³-hybridized carbons (Fsp3) is 0.929. The molecule has 0 spiro atoms. The summed E-state index contributed by atoms with van der Waals surface area (Å²) in [5.41, 5.74) is 6.07. The van der Waals surface area contributed by atoms with Gasteiger partial charge >= 0.3 is 0 Å². The second kappa shape index (κ2) is 5.85. The Labute approximate surface area is 106 Å². The molecule has 0 radical (unpaired) electrons. The van der Waals surface area contributed by atoms with Gasteiger partial charge in [-0.2, -0.15) is 0 Å². The molecule has 1 fully saturated rings. The fourth-order valence-corrected chi connectivity index (χ4v) is 2.66. The molecule has 4 unspecified atom stereocenters. The monoisotopic (exact) mass is 240 g/mol. The Morgan fingerprint density at radius 2 is 1.88 bits per heavy atom. The van der Waals surface area contributed by atoms with Crippen molar-refractivity contribution >= 4 is 5.91 Å². The number of nitrogens with zero attached hydrogens (tertiary/aromatic N) is 1. The van der Waals surface area contributed by atoms with E-state index >= 15 is 0 Å². The van der Waals surface area contributed by atoms with E-state index in [-0.39, 0.29) is 17.9 Å². The van der Waals surface area contributed by atoms with Crippen molar-refractivity contribution in [1.82, 2.24) is 4.90 Å². The zero-order valence-electron chi connectivity index (χ0n) is 11.9. The second-order valence-electron chi connectivity index (χ2n) is 5.99. The maximum absolute atomic E-state index is 12.5. The highest BCUT2D eigenvalue weighted by atomic mass is 16.2. The first-order valence-corrected chi connectivity index (χ1v) is 6.88. The fourth-order valence-electron chi connectivity index (χ4n) is 2.66. The van der Waals surface area contributed by atoms with Gasteiger partial charge in [-0.25, -0.2) is 0 Å². The van der Waals surface area contributed by atoms with Crippen molar-refractivity contribution in [2.45, 2.75) is 59.0 Å². The average Bonchev–Trinajstić information content (AvgIpc) is 2.29. The lowest BCUT2D eigenvalue weighted by atomic mass is 9.76. The molecule has 0 aromatic rings. The lowest BCUT2D eigenvalue weighted by Gasteiger charge is -2.37. The maximum atomic E-state index is 12.5. The molecule has 3 heteroatoms. The molecule has 2 N–H and O–H groups in total. The van der Waals surface area contributed by atoms with E-state index in [4.69, 9.17) is 5.73 Å². The van der Waals surface area contributed by atoms with Crippen molar-refractivity contribution in [2.24, 2.45) is 23.5 Å². The van der Waals surface area contributed by atoms with Crippen molar-refractivity contribution in [3.8, 4) is 0 Å². The minimum Gasteiger partial charge on any atom is -0.343 e. The molecule has 0 aromatic carbocycles. The third-order valence-corrected chi connectivity index (χ3v) is 4.60. The molecule has 0 aliphatic heterocycles. The van der Waals surface area contributed by atoms with E-state index in [1.54, 1.807) is 0 Å². The topological polar surface area (TPSA) is 46.3 Å². The van der Waals surface area contributed by atoms with Crippen LogP contribution in [0.4, 0.5) is 0 Å². The van der Waals surface area contributed by atoms with E-state index in [0.717, 1.165) is 19.3 Å². The highest BCUT2D eigenvalue weighted by Crippen LogP contribution is 2.31. The van der Waals surface area contributed by atoms with Gasteiger partial charge < -0.3 is 10.6 Å². The largest absolute Gasteiger partial charge is 0.343 e. The Hall–Kier alpha value is -0.570. The first-order chi connectivity index (χ1) is 7.86. The summed E-state index contributed by atoms with van der Waals surface area (Å²) >= 11 is 0. The normalized spacial score (nSPS) is 31.4. The van der Waals surface area contributed by atoms with E-state index in [1.165, 1.54) is 0 Å². The molecule has 0 saturated heterocycles. The quantitative estimate of drug-likeness (QED) is 0.822. The van der Waals surface area contributed by atoms with Crippen LogP contribution in [0, 0.1) is 17.8 Å². The van der Waals surface area contributed by atoms with Gasteiger partial charge in [0.15, 0.2) is 0 Å². The van der Waals surface area contributed by atoms with E-state index in [9.17, 15) is 4.79 Å². The van der Waals surface area contributed by atoms with Crippen LogP contribution in [0.25, 0.3) is 0 Å². The smallest absolute Gasteiger partial charge is 0.225 e. The van der Waals surface area contributed by atoms with Gasteiger partial charge in [-0.1, -0.05) is 27.2 Å². The number of nitrogens with two attached hydrogens (primary N) is 1. The summed E-state index contributed by atoms with van der Waals surface area (Å²) in [7, 11) is 1.93. The Kier molecular flexibility index (Phi) is 4.99. The van der Waals surface area contributed by atoms with Gasteiger partial charge in [0, 0.05) is 25.0 Å². The van der Waals surface area contributed by atoms with Crippen LogP contribution >= 0.6 is 0 Å². The van der Waals surface area contributed by atoms with Crippen molar-refractivity contribution in [1.29, 1.82) is 0 Å². The van der Waals surface area contributed by atoms with Crippen LogP contribution in [-0.2, 0) is 4.79 Å². The Morgan fingerprint density at radius 1 is 1.29 bits per heavy atom. The van der Waals surface area contributed by atoms with Gasteiger partial charge in [-0.15, -0.1) is 0 Å². The summed E-state index contributed by atoms with van der Waals surface area (Å²) in [5.74, 6) is 1.23. The maximum Gasteiger partial charge on any atom is 0.225 e. The van der Waals surface area contributed by atoms with Gasteiger partial charge in [0.05, 0.1) is 0 Å². The molecule has 1 saturated carbocycles. The first kappa shape index (κ1) is 14.5. The molecule has 1 aliphatic carbocycles. The predicted octanol–water partition coefficient (Wildman–Crippen LogP) is 2.25. The van der Waals surface area contributed by atoms with Crippen LogP contribution in [0.1, 0.15) is 47.0 Å². The lowest BCUT2D eigenvalue weighted by molar-refractivity contribution is -0.139. The van der Waals surface area contributed by atoms with Gasteiger partial charge in [0.2, 0.25) is 5.91 Å². The molecule has 17 heavy (non-hydrogen) atoms. The number of hydrogen-bond acceptors (Lipinski definition) is 2. The second-order valence-corrected chi connectivity index (χ2v) is 5.99. The molecule has 3 nitrogen and oxygen atoms in total. The zero-order valence-corrected chi connectivity index (χ0v) is 11.9. The Balaban J connectivity index is 2.68. The van der Waals surface area contributed by atoms with Crippen LogP contribution in [0.3, 0.4) is 0 Å². The minimum absolute atomic E-state index is 0.130. The van der Waals surface area contributed by atoms with Gasteiger partial charge in [-0.05, 0) is 31.6 Å². The molecule has 0 heterocycles. The zero-order chi connectivity index (χ0) is 13.2. The van der Waals surface area contributed by atoms with Crippen LogP contribution in [-0.4, -0.2) is 29.9 Å². The number of carbonyl (C=O) groups is 1.